The second-order valence-electron chi connectivity index (χ2n) is 5.61. The lowest BCUT2D eigenvalue weighted by atomic mass is 9.99. The van der Waals surface area contributed by atoms with Gasteiger partial charge in [0.1, 0.15) is 4.88 Å². The molecule has 1 atom stereocenters. The summed E-state index contributed by atoms with van der Waals surface area (Å²) in [5, 5.41) is 4.40. The van der Waals surface area contributed by atoms with Crippen LogP contribution in [0.1, 0.15) is 46.6 Å². The maximum absolute atomic E-state index is 12.7. The predicted molar refractivity (Wildman–Crippen MR) is 83.4 cm³/mol. The van der Waals surface area contributed by atoms with Gasteiger partial charge < -0.3 is 10.2 Å². The number of piperidine rings is 1. The summed E-state index contributed by atoms with van der Waals surface area (Å²) in [5.41, 5.74) is 0.875. The Morgan fingerprint density at radius 1 is 1.50 bits per heavy atom. The van der Waals surface area contributed by atoms with Crippen molar-refractivity contribution in [1.82, 2.24) is 15.2 Å². The van der Waals surface area contributed by atoms with Crippen LogP contribution in [0.5, 0.6) is 0 Å². The van der Waals surface area contributed by atoms with E-state index in [-0.39, 0.29) is 5.91 Å². The van der Waals surface area contributed by atoms with Crippen molar-refractivity contribution in [1.29, 1.82) is 0 Å². The molecule has 20 heavy (non-hydrogen) atoms. The molecule has 0 aliphatic carbocycles. The standard InChI is InChI=1S/C15H25N3OS/c1-4-8-18(10-13-6-5-7-16-9-13)15(19)14-11(2)17-12(3)20-14/h13,16H,4-10H2,1-3H3. The van der Waals surface area contributed by atoms with E-state index in [1.165, 1.54) is 24.2 Å². The van der Waals surface area contributed by atoms with Crippen molar-refractivity contribution >= 4 is 17.2 Å². The smallest absolute Gasteiger partial charge is 0.265 e. The Kier molecular flexibility index (Phi) is 5.54. The van der Waals surface area contributed by atoms with Crippen molar-refractivity contribution in [2.75, 3.05) is 26.2 Å². The molecular formula is C15H25N3OS. The number of amides is 1. The van der Waals surface area contributed by atoms with Crippen molar-refractivity contribution in [3.63, 3.8) is 0 Å². The number of hydrogen-bond donors (Lipinski definition) is 1. The zero-order valence-corrected chi connectivity index (χ0v) is 13.6. The molecular weight excluding hydrogens is 270 g/mol. The van der Waals surface area contributed by atoms with Crippen molar-refractivity contribution in [2.45, 2.75) is 40.0 Å². The van der Waals surface area contributed by atoms with Crippen molar-refractivity contribution in [3.05, 3.63) is 15.6 Å². The molecule has 1 amide bonds. The molecule has 0 spiro atoms. The van der Waals surface area contributed by atoms with Gasteiger partial charge in [0.25, 0.3) is 5.91 Å². The average molecular weight is 295 g/mol. The molecule has 1 N–H and O–H groups in total. The van der Waals surface area contributed by atoms with Crippen molar-refractivity contribution in [3.8, 4) is 0 Å². The first kappa shape index (κ1) is 15.4. The van der Waals surface area contributed by atoms with Gasteiger partial charge in [0.05, 0.1) is 10.7 Å². The summed E-state index contributed by atoms with van der Waals surface area (Å²) in [5.74, 6) is 0.758. The van der Waals surface area contributed by atoms with Crippen LogP contribution in [0.25, 0.3) is 0 Å². The van der Waals surface area contributed by atoms with Gasteiger partial charge in [-0.05, 0) is 52.1 Å². The molecule has 0 aromatic carbocycles. The average Bonchev–Trinajstić information content (AvgIpc) is 2.77. The molecule has 0 saturated carbocycles. The van der Waals surface area contributed by atoms with Gasteiger partial charge in [-0.2, -0.15) is 0 Å². The van der Waals surface area contributed by atoms with Gasteiger partial charge in [0.2, 0.25) is 0 Å². The SMILES string of the molecule is CCCN(CC1CCCNC1)C(=O)c1sc(C)nc1C. The minimum absolute atomic E-state index is 0.167. The van der Waals surface area contributed by atoms with E-state index >= 15 is 0 Å². The normalized spacial score (nSPS) is 19.1. The quantitative estimate of drug-likeness (QED) is 0.908. The van der Waals surface area contributed by atoms with Gasteiger partial charge in [0.15, 0.2) is 0 Å². The molecule has 2 heterocycles. The Balaban J connectivity index is 2.06. The van der Waals surface area contributed by atoms with Gasteiger partial charge in [-0.1, -0.05) is 6.92 Å². The second-order valence-corrected chi connectivity index (χ2v) is 6.81. The lowest BCUT2D eigenvalue weighted by Crippen LogP contribution is -2.41. The molecule has 112 valence electrons. The van der Waals surface area contributed by atoms with Crippen LogP contribution >= 0.6 is 11.3 Å². The molecule has 0 radical (unpaired) electrons. The molecule has 4 nitrogen and oxygen atoms in total. The largest absolute Gasteiger partial charge is 0.338 e. The molecule has 1 fully saturated rings. The van der Waals surface area contributed by atoms with E-state index in [0.29, 0.717) is 5.92 Å². The molecule has 1 aliphatic rings. The third-order valence-corrected chi connectivity index (χ3v) is 4.82. The van der Waals surface area contributed by atoms with Crippen LogP contribution in [0.4, 0.5) is 0 Å². The third kappa shape index (κ3) is 3.79. The first-order valence-electron chi connectivity index (χ1n) is 7.55. The van der Waals surface area contributed by atoms with Gasteiger partial charge in [-0.25, -0.2) is 4.98 Å². The van der Waals surface area contributed by atoms with Crippen LogP contribution in [0, 0.1) is 19.8 Å². The van der Waals surface area contributed by atoms with E-state index in [1.807, 2.05) is 18.7 Å². The molecule has 5 heteroatoms. The maximum atomic E-state index is 12.7. The highest BCUT2D eigenvalue weighted by atomic mass is 32.1. The Hall–Kier alpha value is -0.940. The Bertz CT molecular complexity index is 452. The number of aromatic nitrogens is 1. The third-order valence-electron chi connectivity index (χ3n) is 3.76. The summed E-state index contributed by atoms with van der Waals surface area (Å²) in [6, 6.07) is 0. The molecule has 1 aromatic heterocycles. The van der Waals surface area contributed by atoms with Crippen LogP contribution in [0.2, 0.25) is 0 Å². The minimum Gasteiger partial charge on any atom is -0.338 e. The van der Waals surface area contributed by atoms with Crippen LogP contribution in [-0.4, -0.2) is 42.0 Å². The van der Waals surface area contributed by atoms with E-state index in [9.17, 15) is 4.79 Å². The van der Waals surface area contributed by atoms with E-state index in [0.717, 1.165) is 48.2 Å². The van der Waals surface area contributed by atoms with Crippen molar-refractivity contribution < 1.29 is 4.79 Å². The molecule has 2 rings (SSSR count). The Morgan fingerprint density at radius 3 is 2.85 bits per heavy atom. The number of nitrogens with zero attached hydrogens (tertiary/aromatic N) is 2. The monoisotopic (exact) mass is 295 g/mol. The van der Waals surface area contributed by atoms with E-state index < -0.39 is 0 Å². The van der Waals surface area contributed by atoms with Crippen molar-refractivity contribution in [2.24, 2.45) is 5.92 Å². The summed E-state index contributed by atoms with van der Waals surface area (Å²) >= 11 is 1.52. The lowest BCUT2D eigenvalue weighted by Gasteiger charge is -2.30. The summed E-state index contributed by atoms with van der Waals surface area (Å²) in [4.78, 5) is 19.9. The van der Waals surface area contributed by atoms with Gasteiger partial charge in [-0.3, -0.25) is 4.79 Å². The van der Waals surface area contributed by atoms with E-state index in [1.54, 1.807) is 0 Å². The van der Waals surface area contributed by atoms with Crippen LogP contribution in [0.15, 0.2) is 0 Å². The Morgan fingerprint density at radius 2 is 2.30 bits per heavy atom. The fraction of sp³-hybridized carbons (Fsp3) is 0.733. The molecule has 0 bridgehead atoms. The summed E-state index contributed by atoms with van der Waals surface area (Å²) < 4.78 is 0. The predicted octanol–water partition coefficient (Wildman–Crippen LogP) is 2.61. The maximum Gasteiger partial charge on any atom is 0.265 e. The van der Waals surface area contributed by atoms with Gasteiger partial charge in [-0.15, -0.1) is 11.3 Å². The summed E-state index contributed by atoms with van der Waals surface area (Å²) in [6.07, 6.45) is 3.45. The number of aryl methyl sites for hydroxylation is 2. The van der Waals surface area contributed by atoms with Gasteiger partial charge in [0, 0.05) is 13.1 Å². The molecule has 1 aliphatic heterocycles. The fourth-order valence-corrected chi connectivity index (χ4v) is 3.70. The fourth-order valence-electron chi connectivity index (χ4n) is 2.81. The Labute approximate surface area is 125 Å². The lowest BCUT2D eigenvalue weighted by molar-refractivity contribution is 0.0722. The summed E-state index contributed by atoms with van der Waals surface area (Å²) in [7, 11) is 0. The highest BCUT2D eigenvalue weighted by molar-refractivity contribution is 7.13. The van der Waals surface area contributed by atoms with Crippen LogP contribution in [-0.2, 0) is 0 Å². The number of thiazole rings is 1. The van der Waals surface area contributed by atoms with E-state index in [4.69, 9.17) is 0 Å². The number of rotatable bonds is 5. The molecule has 1 aromatic rings. The molecule has 1 unspecified atom stereocenters. The zero-order valence-electron chi connectivity index (χ0n) is 12.7. The number of carbonyl (C=O) groups is 1. The highest BCUT2D eigenvalue weighted by Crippen LogP contribution is 2.21. The first-order chi connectivity index (χ1) is 9.61. The topological polar surface area (TPSA) is 45.2 Å². The molecule has 1 saturated heterocycles. The van der Waals surface area contributed by atoms with Gasteiger partial charge >= 0.3 is 0 Å². The first-order valence-corrected chi connectivity index (χ1v) is 8.37. The summed E-state index contributed by atoms with van der Waals surface area (Å²) in [6.45, 7) is 9.89. The second kappa shape index (κ2) is 7.18. The highest BCUT2D eigenvalue weighted by Gasteiger charge is 2.24. The number of hydrogen-bond acceptors (Lipinski definition) is 4. The minimum atomic E-state index is 0.167. The number of carbonyl (C=O) groups excluding carboxylic acids is 1. The van der Waals surface area contributed by atoms with Crippen LogP contribution < -0.4 is 5.32 Å². The van der Waals surface area contributed by atoms with E-state index in [2.05, 4.69) is 17.2 Å². The van der Waals surface area contributed by atoms with Crippen LogP contribution in [0.3, 0.4) is 0 Å². The number of nitrogens with one attached hydrogen (secondary N) is 1. The zero-order chi connectivity index (χ0) is 14.5.